The maximum absolute atomic E-state index is 12.3. The predicted molar refractivity (Wildman–Crippen MR) is 42.1 cm³/mol. The van der Waals surface area contributed by atoms with Crippen LogP contribution in [0, 0.1) is 0 Å². The first-order chi connectivity index (χ1) is 6.86. The fourth-order valence-electron chi connectivity index (χ4n) is 1.03. The highest BCUT2D eigenvalue weighted by molar-refractivity contribution is 5.26. The second-order valence-electron chi connectivity index (χ2n) is 2.74. The molecule has 84 valence electrons. The van der Waals surface area contributed by atoms with E-state index in [1.807, 2.05) is 0 Å². The maximum atomic E-state index is 12.3. The Morgan fingerprint density at radius 3 is 2.27 bits per heavy atom. The largest absolute Gasteiger partial charge is 0.433 e. The van der Waals surface area contributed by atoms with Crippen molar-refractivity contribution in [2.24, 2.45) is 5.73 Å². The molecule has 7 heteroatoms. The molecule has 0 fully saturated rings. The molecule has 2 nitrogen and oxygen atoms in total. The third-order valence-electron chi connectivity index (χ3n) is 1.70. The van der Waals surface area contributed by atoms with E-state index in [1.165, 1.54) is 0 Å². The zero-order valence-electron chi connectivity index (χ0n) is 7.35. The van der Waals surface area contributed by atoms with E-state index in [4.69, 9.17) is 5.73 Å². The Hall–Kier alpha value is -1.24. The first-order valence-electron chi connectivity index (χ1n) is 3.91. The van der Waals surface area contributed by atoms with Gasteiger partial charge in [0.05, 0.1) is 5.69 Å². The molecule has 0 radical (unpaired) electrons. The monoisotopic (exact) mass is 226 g/mol. The molecule has 1 heterocycles. The number of alkyl halides is 5. The summed E-state index contributed by atoms with van der Waals surface area (Å²) in [6.45, 7) is -0.230. The molecule has 0 bridgehead atoms. The van der Waals surface area contributed by atoms with E-state index >= 15 is 0 Å². The smallest absolute Gasteiger partial charge is 0.325 e. The Labute approximate surface area is 81.9 Å². The van der Waals surface area contributed by atoms with Crippen LogP contribution in [0.4, 0.5) is 22.0 Å². The SMILES string of the molecule is NCc1ccc(C(F)F)c(C(F)(F)F)n1. The van der Waals surface area contributed by atoms with E-state index in [1.54, 1.807) is 0 Å². The number of nitrogens with two attached hydrogens (primary N) is 1. The number of nitrogens with zero attached hydrogens (tertiary/aromatic N) is 1. The summed E-state index contributed by atoms with van der Waals surface area (Å²) in [5, 5.41) is 0. The number of hydrogen-bond donors (Lipinski definition) is 1. The van der Waals surface area contributed by atoms with Gasteiger partial charge in [0, 0.05) is 12.1 Å². The minimum Gasteiger partial charge on any atom is -0.325 e. The standard InChI is InChI=1S/C8H7F5N2/c9-7(10)5-2-1-4(3-14)15-6(5)8(11,12)13/h1-2,7H,3,14H2. The number of pyridine rings is 1. The van der Waals surface area contributed by atoms with Gasteiger partial charge in [-0.2, -0.15) is 13.2 Å². The fraction of sp³-hybridized carbons (Fsp3) is 0.375. The van der Waals surface area contributed by atoms with Crippen LogP contribution in [0.25, 0.3) is 0 Å². The second kappa shape index (κ2) is 4.09. The average Bonchev–Trinajstić information content (AvgIpc) is 2.15. The van der Waals surface area contributed by atoms with Crippen molar-refractivity contribution in [1.82, 2.24) is 4.98 Å². The van der Waals surface area contributed by atoms with Crippen LogP contribution >= 0.6 is 0 Å². The van der Waals surface area contributed by atoms with Crippen molar-refractivity contribution in [1.29, 1.82) is 0 Å². The van der Waals surface area contributed by atoms with Crippen LogP contribution in [0.15, 0.2) is 12.1 Å². The minimum atomic E-state index is -4.89. The lowest BCUT2D eigenvalue weighted by atomic mass is 10.1. The average molecular weight is 226 g/mol. The Morgan fingerprint density at radius 2 is 1.87 bits per heavy atom. The van der Waals surface area contributed by atoms with Crippen molar-refractivity contribution in [2.75, 3.05) is 0 Å². The summed E-state index contributed by atoms with van der Waals surface area (Å²) < 4.78 is 61.3. The van der Waals surface area contributed by atoms with E-state index in [9.17, 15) is 22.0 Å². The Bertz CT molecular complexity index is 347. The van der Waals surface area contributed by atoms with Gasteiger partial charge >= 0.3 is 6.18 Å². The van der Waals surface area contributed by atoms with Crippen LogP contribution in [0.2, 0.25) is 0 Å². The Kier molecular flexibility index (Phi) is 3.23. The Balaban J connectivity index is 3.29. The molecule has 0 spiro atoms. The van der Waals surface area contributed by atoms with Crippen LogP contribution in [-0.4, -0.2) is 4.98 Å². The molecule has 0 saturated carbocycles. The normalized spacial score (nSPS) is 12.2. The molecule has 0 amide bonds. The van der Waals surface area contributed by atoms with Crippen LogP contribution in [0.3, 0.4) is 0 Å². The summed E-state index contributed by atoms with van der Waals surface area (Å²) in [4.78, 5) is 3.05. The van der Waals surface area contributed by atoms with Crippen molar-refractivity contribution < 1.29 is 22.0 Å². The molecule has 0 aliphatic rings. The third kappa shape index (κ3) is 2.62. The first kappa shape index (κ1) is 11.8. The summed E-state index contributed by atoms with van der Waals surface area (Å²) in [5.41, 5.74) is 2.30. The molecule has 1 aromatic heterocycles. The molecule has 0 atom stereocenters. The van der Waals surface area contributed by atoms with Gasteiger partial charge in [-0.15, -0.1) is 0 Å². The molecule has 0 aromatic carbocycles. The van der Waals surface area contributed by atoms with E-state index < -0.39 is 23.9 Å². The number of halogens is 5. The van der Waals surface area contributed by atoms with Crippen LogP contribution in [0.5, 0.6) is 0 Å². The van der Waals surface area contributed by atoms with Gasteiger partial charge in [0.2, 0.25) is 0 Å². The topological polar surface area (TPSA) is 38.9 Å². The lowest BCUT2D eigenvalue weighted by Crippen LogP contribution is -2.14. The van der Waals surface area contributed by atoms with Gasteiger partial charge in [0.25, 0.3) is 6.43 Å². The highest BCUT2D eigenvalue weighted by Gasteiger charge is 2.37. The lowest BCUT2D eigenvalue weighted by molar-refractivity contribution is -0.143. The highest BCUT2D eigenvalue weighted by atomic mass is 19.4. The van der Waals surface area contributed by atoms with Crippen molar-refractivity contribution in [3.8, 4) is 0 Å². The molecular weight excluding hydrogens is 219 g/mol. The van der Waals surface area contributed by atoms with Crippen molar-refractivity contribution in [2.45, 2.75) is 19.1 Å². The van der Waals surface area contributed by atoms with Gasteiger partial charge in [-0.3, -0.25) is 0 Å². The van der Waals surface area contributed by atoms with Crippen LogP contribution in [-0.2, 0) is 12.7 Å². The van der Waals surface area contributed by atoms with Gasteiger partial charge < -0.3 is 5.73 Å². The van der Waals surface area contributed by atoms with E-state index in [0.717, 1.165) is 6.07 Å². The summed E-state index contributed by atoms with van der Waals surface area (Å²) in [6, 6.07) is 1.75. The van der Waals surface area contributed by atoms with Gasteiger partial charge in [0.15, 0.2) is 5.69 Å². The number of rotatable bonds is 2. The molecular formula is C8H7F5N2. The predicted octanol–water partition coefficient (Wildman–Crippen LogP) is 2.50. The van der Waals surface area contributed by atoms with Gasteiger partial charge in [-0.05, 0) is 12.1 Å². The van der Waals surface area contributed by atoms with Gasteiger partial charge in [0.1, 0.15) is 0 Å². The van der Waals surface area contributed by atoms with Gasteiger partial charge in [-0.1, -0.05) is 0 Å². The maximum Gasteiger partial charge on any atom is 0.433 e. The third-order valence-corrected chi connectivity index (χ3v) is 1.70. The highest BCUT2D eigenvalue weighted by Crippen LogP contribution is 2.34. The second-order valence-corrected chi connectivity index (χ2v) is 2.74. The molecule has 0 aliphatic carbocycles. The zero-order chi connectivity index (χ0) is 11.6. The molecule has 1 aromatic rings. The van der Waals surface area contributed by atoms with E-state index in [2.05, 4.69) is 4.98 Å². The molecule has 1 rings (SSSR count). The number of hydrogen-bond acceptors (Lipinski definition) is 2. The Morgan fingerprint density at radius 1 is 1.27 bits per heavy atom. The molecule has 0 saturated heterocycles. The summed E-state index contributed by atoms with van der Waals surface area (Å²) in [6.07, 6.45) is -8.10. The summed E-state index contributed by atoms with van der Waals surface area (Å²) in [5.74, 6) is 0. The fourth-order valence-corrected chi connectivity index (χ4v) is 1.03. The zero-order valence-corrected chi connectivity index (χ0v) is 7.35. The summed E-state index contributed by atoms with van der Waals surface area (Å²) >= 11 is 0. The van der Waals surface area contributed by atoms with E-state index in [-0.39, 0.29) is 12.2 Å². The molecule has 15 heavy (non-hydrogen) atoms. The van der Waals surface area contributed by atoms with E-state index in [0.29, 0.717) is 6.07 Å². The first-order valence-corrected chi connectivity index (χ1v) is 3.91. The lowest BCUT2D eigenvalue weighted by Gasteiger charge is -2.12. The molecule has 0 unspecified atom stereocenters. The van der Waals surface area contributed by atoms with Crippen LogP contribution in [0.1, 0.15) is 23.4 Å². The minimum absolute atomic E-state index is 0.0771. The summed E-state index contributed by atoms with van der Waals surface area (Å²) in [7, 11) is 0. The van der Waals surface area contributed by atoms with Gasteiger partial charge in [-0.25, -0.2) is 13.8 Å². The van der Waals surface area contributed by atoms with Crippen LogP contribution < -0.4 is 5.73 Å². The van der Waals surface area contributed by atoms with Crippen molar-refractivity contribution >= 4 is 0 Å². The molecule has 2 N–H and O–H groups in total. The van der Waals surface area contributed by atoms with Crippen molar-refractivity contribution in [3.63, 3.8) is 0 Å². The van der Waals surface area contributed by atoms with Crippen molar-refractivity contribution in [3.05, 3.63) is 29.1 Å². The quantitative estimate of drug-likeness (QED) is 0.787. The number of aromatic nitrogens is 1. The molecule has 0 aliphatic heterocycles.